The van der Waals surface area contributed by atoms with Crippen molar-refractivity contribution < 1.29 is 14.2 Å². The number of aromatic amines is 1. The molecule has 1 heterocycles. The van der Waals surface area contributed by atoms with Crippen LogP contribution in [0.2, 0.25) is 0 Å². The molecule has 0 aliphatic carbocycles. The largest absolute Gasteiger partial charge is 0.494 e. The minimum absolute atomic E-state index is 0.0744. The number of ether oxygens (including phenoxy) is 1. The zero-order valence-corrected chi connectivity index (χ0v) is 11.6. The summed E-state index contributed by atoms with van der Waals surface area (Å²) >= 11 is 0. The molecule has 0 amide bonds. The molecule has 0 bridgehead atoms. The van der Waals surface area contributed by atoms with Crippen LogP contribution in [0.15, 0.2) is 33.9 Å². The van der Waals surface area contributed by atoms with Crippen molar-refractivity contribution in [3.8, 4) is 17.0 Å². The molecule has 2 rings (SSSR count). The lowest BCUT2D eigenvalue weighted by atomic mass is 10.1. The first kappa shape index (κ1) is 15.0. The van der Waals surface area contributed by atoms with E-state index in [1.165, 1.54) is 31.4 Å². The second-order valence-corrected chi connectivity index (χ2v) is 4.61. The zero-order valence-electron chi connectivity index (χ0n) is 11.6. The van der Waals surface area contributed by atoms with Gasteiger partial charge in [0.15, 0.2) is 0 Å². The van der Waals surface area contributed by atoms with Gasteiger partial charge in [-0.1, -0.05) is 18.2 Å². The number of rotatable bonds is 4. The van der Waals surface area contributed by atoms with Crippen molar-refractivity contribution in [2.75, 3.05) is 13.7 Å². The molecule has 0 aliphatic heterocycles. The fourth-order valence-electron chi connectivity index (χ4n) is 2.17. The Kier molecular flexibility index (Phi) is 4.23. The summed E-state index contributed by atoms with van der Waals surface area (Å²) in [7, 11) is 1.45. The molecule has 0 radical (unpaired) electrons. The Hall–Kier alpha value is -2.41. The van der Waals surface area contributed by atoms with Gasteiger partial charge in [0.05, 0.1) is 12.6 Å². The third-order valence-electron chi connectivity index (χ3n) is 3.11. The van der Waals surface area contributed by atoms with Crippen molar-refractivity contribution in [3.63, 3.8) is 0 Å². The van der Waals surface area contributed by atoms with E-state index in [1.54, 1.807) is 6.92 Å². The highest BCUT2D eigenvalue weighted by Crippen LogP contribution is 2.27. The lowest BCUT2D eigenvalue weighted by molar-refractivity contribution is 0.155. The molecule has 112 valence electrons. The summed E-state index contributed by atoms with van der Waals surface area (Å²) in [5.74, 6) is -1.25. The molecule has 7 heteroatoms. The van der Waals surface area contributed by atoms with Crippen LogP contribution < -0.4 is 11.2 Å². The van der Waals surface area contributed by atoms with E-state index in [0.717, 1.165) is 4.57 Å². The van der Waals surface area contributed by atoms with E-state index in [4.69, 9.17) is 4.74 Å². The first-order valence-electron chi connectivity index (χ1n) is 6.29. The van der Waals surface area contributed by atoms with Gasteiger partial charge in [-0.25, -0.2) is 9.18 Å². The highest BCUT2D eigenvalue weighted by Gasteiger charge is 2.21. The number of aromatic nitrogens is 2. The Balaban J connectivity index is 2.74. The van der Waals surface area contributed by atoms with E-state index < -0.39 is 29.0 Å². The number of hydrogen-bond donors (Lipinski definition) is 2. The van der Waals surface area contributed by atoms with E-state index in [-0.39, 0.29) is 17.7 Å². The minimum Gasteiger partial charge on any atom is -0.494 e. The number of nitrogens with one attached hydrogen (secondary N) is 1. The average molecular weight is 294 g/mol. The quantitative estimate of drug-likeness (QED) is 0.889. The van der Waals surface area contributed by atoms with Crippen LogP contribution in [0, 0.1) is 5.82 Å². The molecule has 2 N–H and O–H groups in total. The Morgan fingerprint density at radius 1 is 1.38 bits per heavy atom. The van der Waals surface area contributed by atoms with Gasteiger partial charge in [0.2, 0.25) is 5.88 Å². The molecular weight excluding hydrogens is 279 g/mol. The van der Waals surface area contributed by atoms with Gasteiger partial charge in [-0.15, -0.1) is 0 Å². The van der Waals surface area contributed by atoms with Crippen molar-refractivity contribution >= 4 is 0 Å². The number of H-pyrrole nitrogens is 1. The highest BCUT2D eigenvalue weighted by molar-refractivity contribution is 5.67. The molecule has 2 aromatic rings. The number of benzene rings is 1. The molecule has 0 saturated carbocycles. The van der Waals surface area contributed by atoms with E-state index in [0.29, 0.717) is 0 Å². The highest BCUT2D eigenvalue weighted by atomic mass is 19.1. The molecule has 1 aromatic heterocycles. The standard InChI is InChI=1S/C14H15FN2O4/c1-8(7-21-2)17-13(19)11(12(18)16-14(17)20)9-5-3-4-6-10(9)15/h3-6,8,19H,7H2,1-2H3,(H,16,18,20). The molecule has 0 saturated heterocycles. The first-order chi connectivity index (χ1) is 9.97. The van der Waals surface area contributed by atoms with Crippen LogP contribution in [-0.4, -0.2) is 28.4 Å². The molecule has 0 spiro atoms. The maximum Gasteiger partial charge on any atom is 0.331 e. The van der Waals surface area contributed by atoms with E-state index in [2.05, 4.69) is 4.98 Å². The van der Waals surface area contributed by atoms with Gasteiger partial charge in [-0.3, -0.25) is 14.3 Å². The Morgan fingerprint density at radius 3 is 2.67 bits per heavy atom. The average Bonchev–Trinajstić information content (AvgIpc) is 2.40. The van der Waals surface area contributed by atoms with Gasteiger partial charge >= 0.3 is 5.69 Å². The smallest absolute Gasteiger partial charge is 0.331 e. The summed E-state index contributed by atoms with van der Waals surface area (Å²) in [6.45, 7) is 1.78. The van der Waals surface area contributed by atoms with Gasteiger partial charge in [0, 0.05) is 12.7 Å². The number of halogens is 1. The summed E-state index contributed by atoms with van der Waals surface area (Å²) in [5, 5.41) is 10.2. The summed E-state index contributed by atoms with van der Waals surface area (Å²) in [4.78, 5) is 25.8. The molecule has 1 atom stereocenters. The maximum absolute atomic E-state index is 13.8. The van der Waals surface area contributed by atoms with Crippen LogP contribution >= 0.6 is 0 Å². The van der Waals surface area contributed by atoms with E-state index in [1.807, 2.05) is 0 Å². The van der Waals surface area contributed by atoms with Gasteiger partial charge in [-0.05, 0) is 13.0 Å². The Labute approximate surface area is 119 Å². The predicted molar refractivity (Wildman–Crippen MR) is 75.0 cm³/mol. The van der Waals surface area contributed by atoms with Crippen molar-refractivity contribution in [1.29, 1.82) is 0 Å². The molecule has 6 nitrogen and oxygen atoms in total. The summed E-state index contributed by atoms with van der Waals surface area (Å²) < 4.78 is 19.7. The van der Waals surface area contributed by atoms with E-state index in [9.17, 15) is 19.1 Å². The molecule has 0 fully saturated rings. The number of methoxy groups -OCH3 is 1. The summed E-state index contributed by atoms with van der Waals surface area (Å²) in [6, 6.07) is 5.00. The third-order valence-corrected chi connectivity index (χ3v) is 3.11. The third kappa shape index (κ3) is 2.73. The number of hydrogen-bond acceptors (Lipinski definition) is 4. The molecular formula is C14H15FN2O4. The Morgan fingerprint density at radius 2 is 2.05 bits per heavy atom. The van der Waals surface area contributed by atoms with Crippen LogP contribution in [0.1, 0.15) is 13.0 Å². The van der Waals surface area contributed by atoms with E-state index >= 15 is 0 Å². The SMILES string of the molecule is COCC(C)n1c(O)c(-c2ccccc2F)c(=O)[nH]c1=O. The van der Waals surface area contributed by atoms with Gasteiger partial charge in [0.1, 0.15) is 11.4 Å². The second kappa shape index (κ2) is 5.92. The summed E-state index contributed by atoms with van der Waals surface area (Å²) in [5.41, 5.74) is -1.98. The molecule has 21 heavy (non-hydrogen) atoms. The van der Waals surface area contributed by atoms with Crippen molar-refractivity contribution in [3.05, 3.63) is 50.9 Å². The molecule has 0 aliphatic rings. The lowest BCUT2D eigenvalue weighted by Gasteiger charge is -2.17. The van der Waals surface area contributed by atoms with Crippen LogP contribution in [-0.2, 0) is 4.74 Å². The monoisotopic (exact) mass is 294 g/mol. The van der Waals surface area contributed by atoms with Crippen LogP contribution in [0.5, 0.6) is 5.88 Å². The van der Waals surface area contributed by atoms with Crippen molar-refractivity contribution in [2.45, 2.75) is 13.0 Å². The Bertz CT molecular complexity index is 766. The van der Waals surface area contributed by atoms with Gasteiger partial charge in [-0.2, -0.15) is 0 Å². The van der Waals surface area contributed by atoms with Gasteiger partial charge < -0.3 is 9.84 Å². The lowest BCUT2D eigenvalue weighted by Crippen LogP contribution is -2.34. The topological polar surface area (TPSA) is 84.3 Å². The molecule has 1 unspecified atom stereocenters. The number of nitrogens with zero attached hydrogens (tertiary/aromatic N) is 1. The van der Waals surface area contributed by atoms with Crippen molar-refractivity contribution in [2.24, 2.45) is 0 Å². The van der Waals surface area contributed by atoms with Gasteiger partial charge in [0.25, 0.3) is 5.56 Å². The predicted octanol–water partition coefficient (Wildman–Crippen LogP) is 1.26. The van der Waals surface area contributed by atoms with Crippen LogP contribution in [0.3, 0.4) is 0 Å². The molecule has 1 aromatic carbocycles. The maximum atomic E-state index is 13.8. The number of aromatic hydroxyl groups is 1. The van der Waals surface area contributed by atoms with Crippen LogP contribution in [0.25, 0.3) is 11.1 Å². The zero-order chi connectivity index (χ0) is 15.6. The summed E-state index contributed by atoms with van der Waals surface area (Å²) in [6.07, 6.45) is 0. The normalized spacial score (nSPS) is 12.3. The fraction of sp³-hybridized carbons (Fsp3) is 0.286. The first-order valence-corrected chi connectivity index (χ1v) is 6.29. The van der Waals surface area contributed by atoms with Crippen molar-refractivity contribution in [1.82, 2.24) is 9.55 Å². The van der Waals surface area contributed by atoms with Crippen LogP contribution in [0.4, 0.5) is 4.39 Å². The second-order valence-electron chi connectivity index (χ2n) is 4.61. The minimum atomic E-state index is -0.844. The fourth-order valence-corrected chi connectivity index (χ4v) is 2.17.